The normalized spacial score (nSPS) is 18.1. The van der Waals surface area contributed by atoms with E-state index in [1.165, 1.54) is 23.9 Å². The van der Waals surface area contributed by atoms with Crippen molar-refractivity contribution in [3.05, 3.63) is 69.6 Å². The minimum absolute atomic E-state index is 0.0184. The highest BCUT2D eigenvalue weighted by atomic mass is 32.2. The van der Waals surface area contributed by atoms with Gasteiger partial charge in [0.05, 0.1) is 11.6 Å². The molecule has 2 aromatic heterocycles. The molecular weight excluding hydrogens is 565 g/mol. The van der Waals surface area contributed by atoms with Gasteiger partial charge in [-0.1, -0.05) is 12.1 Å². The third kappa shape index (κ3) is 5.30. The summed E-state index contributed by atoms with van der Waals surface area (Å²) in [6.07, 6.45) is 2.00. The third-order valence-electron chi connectivity index (χ3n) is 6.78. The van der Waals surface area contributed by atoms with E-state index in [0.717, 1.165) is 9.87 Å². The number of hydrogen-bond acceptors (Lipinski definition) is 11. The minimum atomic E-state index is -4.03. The first-order valence-electron chi connectivity index (χ1n) is 12.0. The summed E-state index contributed by atoms with van der Waals surface area (Å²) in [6.45, 7) is -1.26. The number of pyridine rings is 2. The molecule has 0 unspecified atom stereocenters. The SMILES string of the molecule is Cn1c(=O)c(C(=O)NCc2ccc(C#N)cc2)cc2ccnc(OCC3(S(=O)(=O)N4CO[P](O)(O)OC4)CC3)c21. The summed E-state index contributed by atoms with van der Waals surface area (Å²) in [7, 11) is -6.57. The smallest absolute Gasteiger partial charge is 0.377 e. The summed E-state index contributed by atoms with van der Waals surface area (Å²) in [6, 6.07) is 11.7. The van der Waals surface area contributed by atoms with Crippen LogP contribution in [-0.4, -0.2) is 62.8 Å². The number of hydrogen-bond donors (Lipinski definition) is 3. The maximum Gasteiger partial charge on any atom is 0.377 e. The molecule has 2 fully saturated rings. The van der Waals surface area contributed by atoms with Crippen LogP contribution in [0.4, 0.5) is 0 Å². The van der Waals surface area contributed by atoms with Crippen molar-refractivity contribution >= 4 is 35.0 Å². The molecule has 16 heteroatoms. The number of ether oxygens (including phenoxy) is 1. The average molecular weight is 591 g/mol. The zero-order valence-corrected chi connectivity index (χ0v) is 22.9. The fraction of sp³-hybridized carbons (Fsp3) is 0.333. The molecule has 3 aromatic rings. The van der Waals surface area contributed by atoms with E-state index < -0.39 is 47.9 Å². The van der Waals surface area contributed by atoms with E-state index in [1.54, 1.807) is 30.3 Å². The topological polar surface area (TPSA) is 193 Å². The van der Waals surface area contributed by atoms with Gasteiger partial charge in [0.1, 0.15) is 35.9 Å². The highest BCUT2D eigenvalue weighted by Crippen LogP contribution is 2.56. The molecule has 1 aromatic carbocycles. The lowest BCUT2D eigenvalue weighted by Gasteiger charge is -2.35. The van der Waals surface area contributed by atoms with E-state index in [2.05, 4.69) is 10.3 Å². The van der Waals surface area contributed by atoms with Gasteiger partial charge < -0.3 is 24.4 Å². The van der Waals surface area contributed by atoms with Crippen molar-refractivity contribution in [2.24, 2.45) is 7.05 Å². The molecule has 2 aliphatic rings. The summed E-state index contributed by atoms with van der Waals surface area (Å²) >= 11 is 0. The highest BCUT2D eigenvalue weighted by molar-refractivity contribution is 7.90. The number of amides is 1. The summed E-state index contributed by atoms with van der Waals surface area (Å²) in [4.78, 5) is 49.0. The Morgan fingerprint density at radius 2 is 1.90 bits per heavy atom. The molecule has 0 spiro atoms. The monoisotopic (exact) mass is 590 g/mol. The summed E-state index contributed by atoms with van der Waals surface area (Å²) in [5.74, 6) is -0.567. The summed E-state index contributed by atoms with van der Waals surface area (Å²) in [5.41, 5.74) is 0.831. The van der Waals surface area contributed by atoms with E-state index in [0.29, 0.717) is 10.9 Å². The van der Waals surface area contributed by atoms with Crippen LogP contribution in [0.2, 0.25) is 0 Å². The zero-order valence-electron chi connectivity index (χ0n) is 21.2. The van der Waals surface area contributed by atoms with Gasteiger partial charge in [-0.05, 0) is 42.7 Å². The Kier molecular flexibility index (Phi) is 7.36. The van der Waals surface area contributed by atoms with E-state index in [1.807, 2.05) is 6.07 Å². The number of sulfonamides is 1. The van der Waals surface area contributed by atoms with Crippen LogP contribution in [-0.2, 0) is 32.7 Å². The molecule has 3 N–H and O–H groups in total. The van der Waals surface area contributed by atoms with E-state index in [-0.39, 0.29) is 43.0 Å². The first-order valence-corrected chi connectivity index (χ1v) is 15.0. The number of carbonyl (C=O) groups is 1. The average Bonchev–Trinajstić information content (AvgIpc) is 3.74. The lowest BCUT2D eigenvalue weighted by molar-refractivity contribution is -0.00162. The molecule has 1 saturated heterocycles. The van der Waals surface area contributed by atoms with Crippen molar-refractivity contribution in [3.8, 4) is 11.9 Å². The molecule has 0 bridgehead atoms. The molecule has 0 atom stereocenters. The Balaban J connectivity index is 1.33. The van der Waals surface area contributed by atoms with Gasteiger partial charge in [-0.2, -0.15) is 9.57 Å². The predicted octanol–water partition coefficient (Wildman–Crippen LogP) is 0.902. The Morgan fingerprint density at radius 3 is 2.52 bits per heavy atom. The van der Waals surface area contributed by atoms with Crippen LogP contribution >= 0.6 is 8.17 Å². The van der Waals surface area contributed by atoms with Gasteiger partial charge in [0, 0.05) is 25.2 Å². The second-order valence-electron chi connectivity index (χ2n) is 9.40. The highest BCUT2D eigenvalue weighted by Gasteiger charge is 2.59. The Bertz CT molecular complexity index is 1670. The summed E-state index contributed by atoms with van der Waals surface area (Å²) in [5, 5.41) is 12.1. The van der Waals surface area contributed by atoms with Crippen molar-refractivity contribution in [3.63, 3.8) is 0 Å². The number of aromatic nitrogens is 2. The Morgan fingerprint density at radius 1 is 1.23 bits per heavy atom. The number of nitrogens with one attached hydrogen (secondary N) is 1. The lowest BCUT2D eigenvalue weighted by Crippen LogP contribution is -2.47. The van der Waals surface area contributed by atoms with Gasteiger partial charge in [-0.3, -0.25) is 18.6 Å². The van der Waals surface area contributed by atoms with Crippen LogP contribution in [0.3, 0.4) is 0 Å². The molecule has 14 nitrogen and oxygen atoms in total. The molecule has 1 aliphatic heterocycles. The van der Waals surface area contributed by atoms with Gasteiger partial charge in [-0.25, -0.2) is 13.4 Å². The van der Waals surface area contributed by atoms with Crippen LogP contribution in [0.5, 0.6) is 5.88 Å². The van der Waals surface area contributed by atoms with Crippen LogP contribution in [0.15, 0.2) is 47.4 Å². The first kappa shape index (κ1) is 28.1. The molecule has 1 amide bonds. The second-order valence-corrected chi connectivity index (χ2v) is 13.2. The van der Waals surface area contributed by atoms with E-state index in [9.17, 15) is 27.8 Å². The number of rotatable bonds is 8. The molecule has 5 rings (SSSR count). The van der Waals surface area contributed by atoms with Crippen molar-refractivity contribution in [1.29, 1.82) is 5.26 Å². The van der Waals surface area contributed by atoms with Crippen molar-refractivity contribution < 1.29 is 36.8 Å². The largest absolute Gasteiger partial charge is 0.474 e. The van der Waals surface area contributed by atoms with Crippen molar-refractivity contribution in [1.82, 2.24) is 19.2 Å². The van der Waals surface area contributed by atoms with Gasteiger partial charge in [0.2, 0.25) is 15.9 Å². The molecule has 3 heterocycles. The van der Waals surface area contributed by atoms with Crippen LogP contribution in [0.25, 0.3) is 10.9 Å². The zero-order chi connectivity index (χ0) is 28.7. The molecule has 40 heavy (non-hydrogen) atoms. The van der Waals surface area contributed by atoms with Crippen LogP contribution in [0, 0.1) is 11.3 Å². The molecule has 211 valence electrons. The van der Waals surface area contributed by atoms with Gasteiger partial charge >= 0.3 is 8.17 Å². The standard InChI is InChI=1S/C24H25N5O9PS/c1-28-20-18(10-19(23(28)31)21(30)27-12-17-4-2-16(11-25)3-5-17)6-9-26-22(20)36-13-24(7-8-24)40(34,35)29-14-37-39(32,33)38-15-29/h2-6,9-10,32-33H,7-8,12-15H2,1H3,(H,27,30). The number of aryl methyl sites for hydroxylation is 1. The minimum Gasteiger partial charge on any atom is -0.474 e. The second kappa shape index (κ2) is 10.5. The summed E-state index contributed by atoms with van der Waals surface area (Å²) < 4.78 is 42.5. The lowest BCUT2D eigenvalue weighted by atomic mass is 10.1. The number of benzene rings is 1. The van der Waals surface area contributed by atoms with E-state index in [4.69, 9.17) is 19.0 Å². The number of fused-ring (bicyclic) bond motifs is 1. The predicted molar refractivity (Wildman–Crippen MR) is 141 cm³/mol. The number of nitriles is 1. The van der Waals surface area contributed by atoms with Crippen molar-refractivity contribution in [2.75, 3.05) is 20.1 Å². The molecular formula is C24H25N5O9PS. The van der Waals surface area contributed by atoms with Crippen LogP contribution < -0.4 is 15.6 Å². The third-order valence-corrected chi connectivity index (χ3v) is 10.2. The molecule has 1 aliphatic carbocycles. The van der Waals surface area contributed by atoms with Gasteiger partial charge in [0.15, 0.2) is 0 Å². The quantitative estimate of drug-likeness (QED) is 0.316. The molecule has 1 radical (unpaired) electrons. The number of nitrogens with zero attached hydrogens (tertiary/aromatic N) is 4. The Hall–Kier alpha value is -3.48. The molecule has 1 saturated carbocycles. The van der Waals surface area contributed by atoms with Gasteiger partial charge in [-0.15, -0.1) is 0 Å². The van der Waals surface area contributed by atoms with Crippen LogP contribution in [0.1, 0.15) is 34.3 Å². The fourth-order valence-electron chi connectivity index (χ4n) is 4.23. The fourth-order valence-corrected chi connectivity index (χ4v) is 6.79. The van der Waals surface area contributed by atoms with E-state index >= 15 is 0 Å². The maximum absolute atomic E-state index is 13.2. The van der Waals surface area contributed by atoms with Gasteiger partial charge in [0.25, 0.3) is 11.5 Å². The Labute approximate surface area is 229 Å². The van der Waals surface area contributed by atoms with Crippen molar-refractivity contribution in [2.45, 2.75) is 24.1 Å². The first-order chi connectivity index (χ1) is 19.0. The maximum atomic E-state index is 13.2. The number of carbonyl (C=O) groups excluding carboxylic acids is 1.